The number of hydrogen-bond acceptors (Lipinski definition) is 5. The number of carbonyl (C=O) groups excluding carboxylic acids is 1. The Labute approximate surface area is 210 Å². The SMILES string of the molecule is CCC(C)c1cn(C(=O)C2CCCCC2)c(=O)n1Cc1ccc(-c2ccccc2-c2nn[nH]n2)cc1. The summed E-state index contributed by atoms with van der Waals surface area (Å²) in [5.41, 5.74) is 4.62. The van der Waals surface area contributed by atoms with E-state index in [0.717, 1.165) is 60.1 Å². The molecule has 8 heteroatoms. The number of nitrogens with one attached hydrogen (secondary N) is 1. The van der Waals surface area contributed by atoms with E-state index in [0.29, 0.717) is 12.4 Å². The predicted octanol–water partition coefficient (Wildman–Crippen LogP) is 5.28. The highest BCUT2D eigenvalue weighted by Crippen LogP contribution is 2.30. The van der Waals surface area contributed by atoms with E-state index in [9.17, 15) is 9.59 Å². The van der Waals surface area contributed by atoms with Crippen LogP contribution in [-0.2, 0) is 6.54 Å². The largest absolute Gasteiger partial charge is 0.335 e. The molecule has 1 saturated carbocycles. The molecule has 1 aliphatic carbocycles. The Hall–Kier alpha value is -3.81. The van der Waals surface area contributed by atoms with Crippen molar-refractivity contribution in [1.29, 1.82) is 0 Å². The highest BCUT2D eigenvalue weighted by molar-refractivity contribution is 5.81. The van der Waals surface area contributed by atoms with E-state index < -0.39 is 0 Å². The van der Waals surface area contributed by atoms with Gasteiger partial charge in [-0.1, -0.05) is 81.6 Å². The summed E-state index contributed by atoms with van der Waals surface area (Å²) in [6, 6.07) is 16.1. The second-order valence-electron chi connectivity index (χ2n) is 9.75. The van der Waals surface area contributed by atoms with Gasteiger partial charge in [0.05, 0.1) is 6.54 Å². The molecule has 0 bridgehead atoms. The van der Waals surface area contributed by atoms with E-state index in [4.69, 9.17) is 0 Å². The Balaban J connectivity index is 1.44. The van der Waals surface area contributed by atoms with Crippen molar-refractivity contribution < 1.29 is 4.79 Å². The van der Waals surface area contributed by atoms with Crippen LogP contribution in [0.3, 0.4) is 0 Å². The van der Waals surface area contributed by atoms with Crippen LogP contribution in [0.2, 0.25) is 0 Å². The fraction of sp³-hybridized carbons (Fsp3) is 0.393. The quantitative estimate of drug-likeness (QED) is 0.385. The van der Waals surface area contributed by atoms with Crippen LogP contribution < -0.4 is 5.69 Å². The molecular weight excluding hydrogens is 452 g/mol. The Bertz CT molecular complexity index is 1380. The van der Waals surface area contributed by atoms with Gasteiger partial charge in [0, 0.05) is 23.4 Å². The molecule has 2 aromatic heterocycles. The molecule has 0 amide bonds. The number of H-pyrrole nitrogens is 1. The van der Waals surface area contributed by atoms with Crippen molar-refractivity contribution in [2.75, 3.05) is 0 Å². The topological polar surface area (TPSA) is 98.5 Å². The van der Waals surface area contributed by atoms with E-state index in [2.05, 4.69) is 34.5 Å². The number of carbonyl (C=O) groups is 1. The molecule has 186 valence electrons. The van der Waals surface area contributed by atoms with E-state index >= 15 is 0 Å². The number of benzene rings is 2. The van der Waals surface area contributed by atoms with Gasteiger partial charge < -0.3 is 0 Å². The summed E-state index contributed by atoms with van der Waals surface area (Å²) >= 11 is 0. The molecule has 36 heavy (non-hydrogen) atoms. The van der Waals surface area contributed by atoms with Gasteiger partial charge in [0.2, 0.25) is 11.7 Å². The van der Waals surface area contributed by atoms with Crippen molar-refractivity contribution in [3.05, 3.63) is 76.5 Å². The maximum Gasteiger partial charge on any atom is 0.335 e. The Morgan fingerprint density at radius 2 is 1.78 bits per heavy atom. The molecule has 8 nitrogen and oxygen atoms in total. The minimum absolute atomic E-state index is 0.0450. The molecule has 0 spiro atoms. The molecule has 0 saturated heterocycles. The molecule has 0 aliphatic heterocycles. The summed E-state index contributed by atoms with van der Waals surface area (Å²) in [4.78, 5) is 26.7. The fourth-order valence-corrected chi connectivity index (χ4v) is 5.14. The minimum Gasteiger partial charge on any atom is -0.291 e. The van der Waals surface area contributed by atoms with Crippen LogP contribution in [0.4, 0.5) is 0 Å². The van der Waals surface area contributed by atoms with Gasteiger partial charge in [0.15, 0.2) is 0 Å². The lowest BCUT2D eigenvalue weighted by Crippen LogP contribution is -2.34. The summed E-state index contributed by atoms with van der Waals surface area (Å²) in [7, 11) is 0. The zero-order valence-electron chi connectivity index (χ0n) is 20.9. The molecule has 4 aromatic rings. The molecular formula is C28H32N6O2. The fourth-order valence-electron chi connectivity index (χ4n) is 5.14. The second kappa shape index (κ2) is 10.4. The second-order valence-corrected chi connectivity index (χ2v) is 9.75. The van der Waals surface area contributed by atoms with Gasteiger partial charge in [-0.05, 0) is 47.1 Å². The zero-order valence-corrected chi connectivity index (χ0v) is 20.9. The third-order valence-corrected chi connectivity index (χ3v) is 7.44. The van der Waals surface area contributed by atoms with Crippen molar-refractivity contribution in [1.82, 2.24) is 29.8 Å². The molecule has 1 aliphatic rings. The average Bonchev–Trinajstić information content (AvgIpc) is 3.58. The highest BCUT2D eigenvalue weighted by atomic mass is 16.2. The Kier molecular flexibility index (Phi) is 6.93. The van der Waals surface area contributed by atoms with Gasteiger partial charge in [-0.3, -0.25) is 9.36 Å². The van der Waals surface area contributed by atoms with Gasteiger partial charge in [-0.2, -0.15) is 5.21 Å². The monoisotopic (exact) mass is 484 g/mol. The van der Waals surface area contributed by atoms with Gasteiger partial charge >= 0.3 is 5.69 Å². The van der Waals surface area contributed by atoms with Crippen molar-refractivity contribution in [3.63, 3.8) is 0 Å². The first-order valence-corrected chi connectivity index (χ1v) is 12.8. The Morgan fingerprint density at radius 3 is 2.44 bits per heavy atom. The van der Waals surface area contributed by atoms with Crippen molar-refractivity contribution in [3.8, 4) is 22.5 Å². The summed E-state index contributed by atoms with van der Waals surface area (Å²) in [6.07, 6.45) is 7.74. The van der Waals surface area contributed by atoms with Crippen molar-refractivity contribution in [2.24, 2.45) is 5.92 Å². The first kappa shape index (κ1) is 23.9. The van der Waals surface area contributed by atoms with Crippen LogP contribution in [0.25, 0.3) is 22.5 Å². The number of aromatic nitrogens is 6. The van der Waals surface area contributed by atoms with E-state index in [1.165, 1.54) is 11.0 Å². The summed E-state index contributed by atoms with van der Waals surface area (Å²) in [5.74, 6) is 0.634. The van der Waals surface area contributed by atoms with Crippen LogP contribution in [0.5, 0.6) is 0 Å². The minimum atomic E-state index is -0.229. The molecule has 1 N–H and O–H groups in total. The number of imidazole rings is 1. The van der Waals surface area contributed by atoms with Gasteiger partial charge in [0.1, 0.15) is 0 Å². The number of tetrazole rings is 1. The number of hydrogen-bond donors (Lipinski definition) is 1. The van der Waals surface area contributed by atoms with Crippen molar-refractivity contribution in [2.45, 2.75) is 64.8 Å². The van der Waals surface area contributed by atoms with E-state index in [1.807, 2.05) is 48.5 Å². The lowest BCUT2D eigenvalue weighted by atomic mass is 9.88. The smallest absolute Gasteiger partial charge is 0.291 e. The number of rotatable bonds is 7. The molecule has 1 atom stereocenters. The summed E-state index contributed by atoms with van der Waals surface area (Å²) in [5, 5.41) is 14.4. The van der Waals surface area contributed by atoms with E-state index in [-0.39, 0.29) is 23.4 Å². The van der Waals surface area contributed by atoms with E-state index in [1.54, 1.807) is 10.8 Å². The first-order valence-electron chi connectivity index (χ1n) is 12.8. The van der Waals surface area contributed by atoms with Gasteiger partial charge in [0.25, 0.3) is 0 Å². The predicted molar refractivity (Wildman–Crippen MR) is 139 cm³/mol. The standard InChI is InChI=1S/C28H32N6O2/c1-3-19(2)25-18-34(27(35)22-9-5-4-6-10-22)28(36)33(25)17-20-13-15-21(16-14-20)23-11-7-8-12-24(23)26-29-31-32-30-26/h7-8,11-16,18-19,22H,3-6,9-10,17H2,1-2H3,(H,29,30,31,32). The third-order valence-electron chi connectivity index (χ3n) is 7.44. The van der Waals surface area contributed by atoms with Crippen LogP contribution in [0.1, 0.15) is 74.3 Å². The molecule has 0 radical (unpaired) electrons. The normalized spacial score (nSPS) is 15.2. The lowest BCUT2D eigenvalue weighted by molar-refractivity contribution is 0.0796. The van der Waals surface area contributed by atoms with Gasteiger partial charge in [-0.15, -0.1) is 10.2 Å². The molecule has 5 rings (SSSR count). The summed E-state index contributed by atoms with van der Waals surface area (Å²) < 4.78 is 3.16. The molecule has 2 heterocycles. The van der Waals surface area contributed by atoms with Gasteiger partial charge in [-0.25, -0.2) is 9.36 Å². The first-order chi connectivity index (χ1) is 17.6. The molecule has 2 aromatic carbocycles. The van der Waals surface area contributed by atoms with Crippen molar-refractivity contribution >= 4 is 5.91 Å². The van der Waals surface area contributed by atoms with Crippen LogP contribution in [0, 0.1) is 5.92 Å². The zero-order chi connectivity index (χ0) is 25.1. The maximum atomic E-state index is 13.4. The number of aromatic amines is 1. The van der Waals surface area contributed by atoms with Crippen LogP contribution in [0.15, 0.2) is 59.5 Å². The highest BCUT2D eigenvalue weighted by Gasteiger charge is 2.26. The lowest BCUT2D eigenvalue weighted by Gasteiger charge is -2.19. The third kappa shape index (κ3) is 4.67. The molecule has 1 unspecified atom stereocenters. The maximum absolute atomic E-state index is 13.4. The Morgan fingerprint density at radius 1 is 1.06 bits per heavy atom. The molecule has 1 fully saturated rings. The summed E-state index contributed by atoms with van der Waals surface area (Å²) in [6.45, 7) is 4.64. The van der Waals surface area contributed by atoms with Crippen LogP contribution >= 0.6 is 0 Å². The number of nitrogens with zero attached hydrogens (tertiary/aromatic N) is 5. The van der Waals surface area contributed by atoms with Crippen LogP contribution in [-0.4, -0.2) is 35.7 Å². The average molecular weight is 485 g/mol.